The number of aryl methyl sites for hydroxylation is 1. The van der Waals surface area contributed by atoms with Gasteiger partial charge < -0.3 is 35.4 Å². The fourth-order valence-electron chi connectivity index (χ4n) is 5.77. The molecule has 0 unspecified atom stereocenters. The maximum atomic E-state index is 13.0. The van der Waals surface area contributed by atoms with Crippen molar-refractivity contribution in [2.45, 2.75) is 51.7 Å². The molecule has 2 aromatic carbocycles. The molecule has 0 saturated heterocycles. The third kappa shape index (κ3) is 11.5. The number of nitrogens with zero attached hydrogens (tertiary/aromatic N) is 4. The van der Waals surface area contributed by atoms with Crippen molar-refractivity contribution in [1.29, 1.82) is 0 Å². The Kier molecular flexibility index (Phi) is 13.8. The van der Waals surface area contributed by atoms with E-state index in [0.29, 0.717) is 79.6 Å². The Hall–Kier alpha value is -5.44. The van der Waals surface area contributed by atoms with Crippen LogP contribution in [0.1, 0.15) is 49.2 Å². The van der Waals surface area contributed by atoms with Crippen LogP contribution < -0.4 is 26.7 Å². The first-order chi connectivity index (χ1) is 25.5. The van der Waals surface area contributed by atoms with Crippen LogP contribution in [-0.4, -0.2) is 75.2 Å². The molecular formula is C39H47N7O7. The number of amides is 2. The largest absolute Gasteiger partial charge is 0.490 e. The van der Waals surface area contributed by atoms with Crippen molar-refractivity contribution in [3.8, 4) is 17.3 Å². The predicted molar refractivity (Wildman–Crippen MR) is 200 cm³/mol. The molecule has 3 heterocycles. The summed E-state index contributed by atoms with van der Waals surface area (Å²) in [7, 11) is 1.54. The Morgan fingerprint density at radius 2 is 1.81 bits per heavy atom. The maximum Gasteiger partial charge on any atom is 0.274 e. The zero-order valence-corrected chi connectivity index (χ0v) is 30.2. The van der Waals surface area contributed by atoms with Gasteiger partial charge in [0.15, 0.2) is 5.58 Å². The van der Waals surface area contributed by atoms with Crippen LogP contribution in [0.25, 0.3) is 22.7 Å². The Morgan fingerprint density at radius 3 is 2.55 bits per heavy atom. The number of ether oxygens (including phenoxy) is 2. The number of carbonyl (C=O) groups excluding carboxylic acids is 2. The summed E-state index contributed by atoms with van der Waals surface area (Å²) in [6.07, 6.45) is 3.06. The van der Waals surface area contributed by atoms with Crippen molar-refractivity contribution in [2.24, 2.45) is 24.6 Å². The van der Waals surface area contributed by atoms with E-state index in [4.69, 9.17) is 19.6 Å². The van der Waals surface area contributed by atoms with Crippen LogP contribution in [0, 0.1) is 11.8 Å². The number of nitrogens with one attached hydrogen (secondary N) is 2. The number of carbonyl (C=O) groups is 2. The van der Waals surface area contributed by atoms with Gasteiger partial charge in [-0.25, -0.2) is 14.6 Å². The number of aliphatic hydroxyl groups is 1. The minimum atomic E-state index is -0.694. The van der Waals surface area contributed by atoms with E-state index in [1.165, 1.54) is 23.0 Å². The second-order valence-corrected chi connectivity index (χ2v) is 13.3. The molecule has 5 N–H and O–H groups in total. The molecule has 0 radical (unpaired) electrons. The lowest BCUT2D eigenvalue weighted by atomic mass is 9.89. The Morgan fingerprint density at radius 1 is 1.00 bits per heavy atom. The predicted octanol–water partition coefficient (Wildman–Crippen LogP) is 4.12. The molecule has 2 amide bonds. The molecule has 5 aromatic rings. The summed E-state index contributed by atoms with van der Waals surface area (Å²) in [4.78, 5) is 46.1. The molecule has 0 aliphatic rings. The van der Waals surface area contributed by atoms with Gasteiger partial charge in [0.1, 0.15) is 29.3 Å². The van der Waals surface area contributed by atoms with E-state index in [1.807, 2.05) is 30.3 Å². The number of benzene rings is 2. The van der Waals surface area contributed by atoms with Gasteiger partial charge in [-0.2, -0.15) is 5.10 Å². The van der Waals surface area contributed by atoms with Crippen LogP contribution in [0.3, 0.4) is 0 Å². The van der Waals surface area contributed by atoms with Crippen LogP contribution in [-0.2, 0) is 23.0 Å². The third-order valence-electron chi connectivity index (χ3n) is 8.58. The van der Waals surface area contributed by atoms with Crippen molar-refractivity contribution in [2.75, 3.05) is 31.7 Å². The van der Waals surface area contributed by atoms with Crippen molar-refractivity contribution >= 4 is 28.6 Å². The first-order valence-electron chi connectivity index (χ1n) is 17.7. The molecule has 280 valence electrons. The monoisotopic (exact) mass is 725 g/mol. The molecule has 14 nitrogen and oxygen atoms in total. The lowest BCUT2D eigenvalue weighted by Gasteiger charge is -2.23. The summed E-state index contributed by atoms with van der Waals surface area (Å²) >= 11 is 0. The number of aromatic nitrogens is 4. The van der Waals surface area contributed by atoms with Crippen LogP contribution in [0.2, 0.25) is 0 Å². The highest BCUT2D eigenvalue weighted by Gasteiger charge is 2.23. The summed E-state index contributed by atoms with van der Waals surface area (Å²) < 4.78 is 18.3. The van der Waals surface area contributed by atoms with Crippen molar-refractivity contribution < 1.29 is 28.6 Å². The summed E-state index contributed by atoms with van der Waals surface area (Å²) in [6.45, 7) is 5.38. The average Bonchev–Trinajstić information content (AvgIpc) is 3.58. The van der Waals surface area contributed by atoms with Gasteiger partial charge in [-0.05, 0) is 73.6 Å². The number of hydrogen-bond acceptors (Lipinski definition) is 11. The minimum absolute atomic E-state index is 0.0546. The number of hydrogen-bond donors (Lipinski definition) is 4. The molecule has 0 saturated carbocycles. The second-order valence-electron chi connectivity index (χ2n) is 13.3. The fourth-order valence-corrected chi connectivity index (χ4v) is 5.77. The lowest BCUT2D eigenvalue weighted by Crippen LogP contribution is -2.38. The quantitative estimate of drug-likeness (QED) is 0.0894. The Bertz CT molecular complexity index is 2000. The zero-order chi connectivity index (χ0) is 37.7. The molecule has 3 aromatic heterocycles. The number of pyridine rings is 1. The third-order valence-corrected chi connectivity index (χ3v) is 8.58. The molecular weight excluding hydrogens is 678 g/mol. The van der Waals surface area contributed by atoms with Crippen LogP contribution in [0.4, 0.5) is 5.69 Å². The summed E-state index contributed by atoms with van der Waals surface area (Å²) in [5.74, 6) is 0.366. The molecule has 0 fully saturated rings. The van der Waals surface area contributed by atoms with Crippen molar-refractivity contribution in [3.05, 3.63) is 101 Å². The first-order valence-corrected chi connectivity index (χ1v) is 17.7. The maximum absolute atomic E-state index is 13.0. The molecule has 5 rings (SSSR count). The summed E-state index contributed by atoms with van der Waals surface area (Å²) in [6, 6.07) is 20.6. The zero-order valence-electron chi connectivity index (χ0n) is 30.2. The first kappa shape index (κ1) is 38.8. The van der Waals surface area contributed by atoms with Gasteiger partial charge in [0.25, 0.3) is 11.5 Å². The molecule has 0 bridgehead atoms. The highest BCUT2D eigenvalue weighted by molar-refractivity contribution is 6.03. The number of rotatable bonds is 19. The molecule has 0 aliphatic heterocycles. The number of fused-ring (bicyclic) bond motifs is 1. The van der Waals surface area contributed by atoms with Gasteiger partial charge >= 0.3 is 0 Å². The van der Waals surface area contributed by atoms with E-state index in [2.05, 4.69) is 39.5 Å². The van der Waals surface area contributed by atoms with Gasteiger partial charge in [0.05, 0.1) is 25.5 Å². The number of anilines is 1. The molecule has 3 atom stereocenters. The smallest absolute Gasteiger partial charge is 0.274 e. The molecule has 53 heavy (non-hydrogen) atoms. The van der Waals surface area contributed by atoms with Gasteiger partial charge in [-0.15, -0.1) is 0 Å². The van der Waals surface area contributed by atoms with Gasteiger partial charge in [0.2, 0.25) is 11.8 Å². The minimum Gasteiger partial charge on any atom is -0.490 e. The standard InChI is InChI=1S/C39H47N7O7/c1-25(2)21-27(9-14-34(47)30(40)22-26-7-5-4-6-8-26)37(49)41-17-18-51-19-20-52-29-11-12-31(42-24-29)38(50)43-28-10-15-35-33(23-28)44-39(53-35)32-13-16-36(48)46(3)45-32/h4-8,10-13,15-16,23-25,27,30,34,47H,9,14,17-22,40H2,1-3H3,(H,41,49)(H,43,50)/t27-,30+,34+/m0/s1. The summed E-state index contributed by atoms with van der Waals surface area (Å²) in [5, 5.41) is 20.6. The van der Waals surface area contributed by atoms with Crippen LogP contribution >= 0.6 is 0 Å². The lowest BCUT2D eigenvalue weighted by molar-refractivity contribution is -0.126. The van der Waals surface area contributed by atoms with Gasteiger partial charge in [0, 0.05) is 37.3 Å². The number of aliphatic hydroxyl groups excluding tert-OH is 1. The van der Waals surface area contributed by atoms with Crippen molar-refractivity contribution in [1.82, 2.24) is 25.1 Å². The molecule has 14 heteroatoms. The van der Waals surface area contributed by atoms with Crippen LogP contribution in [0.15, 0.2) is 88.2 Å². The highest BCUT2D eigenvalue weighted by atomic mass is 16.5. The van der Waals surface area contributed by atoms with Gasteiger partial charge in [-0.3, -0.25) is 14.4 Å². The van der Waals surface area contributed by atoms with Crippen LogP contribution in [0.5, 0.6) is 5.75 Å². The summed E-state index contributed by atoms with van der Waals surface area (Å²) in [5.41, 5.74) is 9.20. The van der Waals surface area contributed by atoms with E-state index in [9.17, 15) is 19.5 Å². The average molecular weight is 726 g/mol. The number of nitrogens with two attached hydrogens (primary N) is 1. The number of oxazole rings is 1. The van der Waals surface area contributed by atoms with E-state index in [1.54, 1.807) is 37.4 Å². The molecule has 0 aliphatic carbocycles. The topological polar surface area (TPSA) is 197 Å². The highest BCUT2D eigenvalue weighted by Crippen LogP contribution is 2.25. The normalized spacial score (nSPS) is 13.1. The Balaban J connectivity index is 0.991. The Labute approximate surface area is 307 Å². The van der Waals surface area contributed by atoms with E-state index >= 15 is 0 Å². The van der Waals surface area contributed by atoms with Crippen molar-refractivity contribution in [3.63, 3.8) is 0 Å². The fraction of sp³-hybridized carbons (Fsp3) is 0.385. The SMILES string of the molecule is CC(C)C[C@H](CC[C@@H](O)[C@H](N)Cc1ccccc1)C(=O)NCCOCCOc1ccc(C(=O)Nc2ccc3oc(-c4ccc(=O)n(C)n4)nc3c2)nc1. The second kappa shape index (κ2) is 18.9. The van der Waals surface area contributed by atoms with E-state index in [-0.39, 0.29) is 35.6 Å². The van der Waals surface area contributed by atoms with Gasteiger partial charge in [-0.1, -0.05) is 44.2 Å². The molecule has 0 spiro atoms. The van der Waals surface area contributed by atoms with E-state index < -0.39 is 18.1 Å². The van der Waals surface area contributed by atoms with E-state index in [0.717, 1.165) is 5.56 Å².